The van der Waals surface area contributed by atoms with Gasteiger partial charge in [0.15, 0.2) is 9.84 Å². The first kappa shape index (κ1) is 23.6. The summed E-state index contributed by atoms with van der Waals surface area (Å²) in [6.45, 7) is 10.9. The van der Waals surface area contributed by atoms with Crippen molar-refractivity contribution in [3.8, 4) is 22.4 Å². The SMILES string of the molecule is Cc1cc(-c2ccc(N3CCN(C(C)C)CC3)cc2)cn2cc(-c3ccc(S(C)(=O)=O)cc3)nc12. The molecular weight excluding hydrogens is 456 g/mol. The van der Waals surface area contributed by atoms with Gasteiger partial charge >= 0.3 is 0 Å². The predicted molar refractivity (Wildman–Crippen MR) is 143 cm³/mol. The molecule has 0 saturated carbocycles. The van der Waals surface area contributed by atoms with Gasteiger partial charge in [0.25, 0.3) is 0 Å². The lowest BCUT2D eigenvalue weighted by Crippen LogP contribution is -2.48. The largest absolute Gasteiger partial charge is 0.369 e. The van der Waals surface area contributed by atoms with E-state index in [1.807, 2.05) is 18.3 Å². The van der Waals surface area contributed by atoms with Crippen molar-refractivity contribution in [2.45, 2.75) is 31.7 Å². The normalized spacial score (nSPS) is 15.3. The van der Waals surface area contributed by atoms with Gasteiger partial charge in [0.2, 0.25) is 0 Å². The Morgan fingerprint density at radius 2 is 1.46 bits per heavy atom. The van der Waals surface area contributed by atoms with Gasteiger partial charge in [0, 0.05) is 62.1 Å². The fourth-order valence-electron chi connectivity index (χ4n) is 4.80. The molecule has 0 N–H and O–H groups in total. The molecular formula is C28H32N4O2S. The highest BCUT2D eigenvalue weighted by Crippen LogP contribution is 2.28. The van der Waals surface area contributed by atoms with Gasteiger partial charge in [-0.05, 0) is 67.8 Å². The molecule has 4 aromatic rings. The average Bonchev–Trinajstić information content (AvgIpc) is 3.29. The number of nitrogens with zero attached hydrogens (tertiary/aromatic N) is 4. The van der Waals surface area contributed by atoms with E-state index >= 15 is 0 Å². The Kier molecular flexibility index (Phi) is 6.15. The summed E-state index contributed by atoms with van der Waals surface area (Å²) in [4.78, 5) is 10.1. The topological polar surface area (TPSA) is 57.9 Å². The second-order valence-corrected chi connectivity index (χ2v) is 11.7. The highest BCUT2D eigenvalue weighted by molar-refractivity contribution is 7.90. The molecule has 0 amide bonds. The predicted octanol–water partition coefficient (Wildman–Crippen LogP) is 4.91. The van der Waals surface area contributed by atoms with Crippen LogP contribution in [0.4, 0.5) is 5.69 Å². The van der Waals surface area contributed by atoms with Gasteiger partial charge < -0.3 is 9.30 Å². The lowest BCUT2D eigenvalue weighted by molar-refractivity contribution is 0.209. The van der Waals surface area contributed by atoms with E-state index in [9.17, 15) is 8.42 Å². The van der Waals surface area contributed by atoms with E-state index < -0.39 is 9.84 Å². The molecule has 0 bridgehead atoms. The molecule has 5 rings (SSSR count). The van der Waals surface area contributed by atoms with E-state index in [1.54, 1.807) is 12.1 Å². The molecule has 1 saturated heterocycles. The fraction of sp³-hybridized carbons (Fsp3) is 0.321. The van der Waals surface area contributed by atoms with Crippen LogP contribution in [-0.4, -0.2) is 61.2 Å². The zero-order valence-electron chi connectivity index (χ0n) is 20.8. The van der Waals surface area contributed by atoms with Crippen molar-refractivity contribution in [3.63, 3.8) is 0 Å². The van der Waals surface area contributed by atoms with Crippen molar-refractivity contribution in [1.29, 1.82) is 0 Å². The molecule has 3 heterocycles. The van der Waals surface area contributed by atoms with E-state index in [0.717, 1.165) is 54.2 Å². The molecule has 0 unspecified atom stereocenters. The quantitative estimate of drug-likeness (QED) is 0.400. The minimum atomic E-state index is -3.22. The number of rotatable bonds is 5. The highest BCUT2D eigenvalue weighted by Gasteiger charge is 2.19. The summed E-state index contributed by atoms with van der Waals surface area (Å²) in [6.07, 6.45) is 5.33. The number of hydrogen-bond acceptors (Lipinski definition) is 5. The van der Waals surface area contributed by atoms with E-state index in [2.05, 4.69) is 71.5 Å². The number of piperazine rings is 1. The molecule has 0 atom stereocenters. The van der Waals surface area contributed by atoms with Crippen molar-refractivity contribution in [1.82, 2.24) is 14.3 Å². The zero-order chi connectivity index (χ0) is 24.7. The minimum absolute atomic E-state index is 0.314. The lowest BCUT2D eigenvalue weighted by atomic mass is 10.1. The van der Waals surface area contributed by atoms with E-state index in [-0.39, 0.29) is 0 Å². The first-order valence-corrected chi connectivity index (χ1v) is 14.0. The molecule has 1 aliphatic heterocycles. The number of aryl methyl sites for hydroxylation is 1. The van der Waals surface area contributed by atoms with Crippen LogP contribution in [0, 0.1) is 6.92 Å². The van der Waals surface area contributed by atoms with Crippen LogP contribution in [-0.2, 0) is 9.84 Å². The van der Waals surface area contributed by atoms with Crippen LogP contribution < -0.4 is 4.90 Å². The van der Waals surface area contributed by atoms with E-state index in [0.29, 0.717) is 10.9 Å². The Balaban J connectivity index is 1.39. The summed E-state index contributed by atoms with van der Waals surface area (Å²) in [6, 6.07) is 18.5. The van der Waals surface area contributed by atoms with Gasteiger partial charge in [-0.15, -0.1) is 0 Å². The Morgan fingerprint density at radius 3 is 2.06 bits per heavy atom. The smallest absolute Gasteiger partial charge is 0.175 e. The van der Waals surface area contributed by atoms with Crippen LogP contribution in [0.1, 0.15) is 19.4 Å². The number of hydrogen-bond donors (Lipinski definition) is 0. The third-order valence-electron chi connectivity index (χ3n) is 6.92. The maximum atomic E-state index is 11.8. The van der Waals surface area contributed by atoms with Crippen LogP contribution in [0.15, 0.2) is 71.9 Å². The molecule has 7 heteroatoms. The molecule has 35 heavy (non-hydrogen) atoms. The van der Waals surface area contributed by atoms with E-state index in [4.69, 9.17) is 4.98 Å². The van der Waals surface area contributed by atoms with Crippen molar-refractivity contribution >= 4 is 21.2 Å². The third kappa shape index (κ3) is 4.83. The number of sulfone groups is 1. The van der Waals surface area contributed by atoms with Crippen LogP contribution in [0.25, 0.3) is 28.0 Å². The second-order valence-electron chi connectivity index (χ2n) is 9.73. The van der Waals surface area contributed by atoms with Crippen LogP contribution >= 0.6 is 0 Å². The molecule has 1 fully saturated rings. The molecule has 0 aliphatic carbocycles. The van der Waals surface area contributed by atoms with E-state index in [1.165, 1.54) is 17.5 Å². The summed E-state index contributed by atoms with van der Waals surface area (Å²) < 4.78 is 25.6. The van der Waals surface area contributed by atoms with Crippen LogP contribution in [0.2, 0.25) is 0 Å². The van der Waals surface area contributed by atoms with Crippen LogP contribution in [0.5, 0.6) is 0 Å². The Labute approximate surface area is 207 Å². The average molecular weight is 489 g/mol. The molecule has 6 nitrogen and oxygen atoms in total. The van der Waals surface area contributed by atoms with Crippen molar-refractivity contribution < 1.29 is 8.42 Å². The Bertz CT molecular complexity index is 1450. The molecule has 0 spiro atoms. The monoisotopic (exact) mass is 488 g/mol. The van der Waals surface area contributed by atoms with Gasteiger partial charge in [0.1, 0.15) is 5.65 Å². The molecule has 1 aliphatic rings. The standard InChI is InChI=1S/C28H32N4O2S/c1-20(2)30-13-15-31(16-14-30)25-9-5-22(6-10-25)24-17-21(3)28-29-27(19-32(28)18-24)23-7-11-26(12-8-23)35(4,33)34/h5-12,17-20H,13-16H2,1-4H3. The number of fused-ring (bicyclic) bond motifs is 1. The van der Waals surface area contributed by atoms with Gasteiger partial charge in [0.05, 0.1) is 10.6 Å². The van der Waals surface area contributed by atoms with Crippen molar-refractivity contribution in [2.24, 2.45) is 0 Å². The highest BCUT2D eigenvalue weighted by atomic mass is 32.2. The Hall–Kier alpha value is -3.16. The first-order chi connectivity index (χ1) is 16.7. The summed E-state index contributed by atoms with van der Waals surface area (Å²) in [5, 5.41) is 0. The van der Waals surface area contributed by atoms with Crippen molar-refractivity contribution in [2.75, 3.05) is 37.3 Å². The molecule has 2 aromatic carbocycles. The summed E-state index contributed by atoms with van der Waals surface area (Å²) in [5.74, 6) is 0. The Morgan fingerprint density at radius 1 is 0.829 bits per heavy atom. The van der Waals surface area contributed by atoms with Gasteiger partial charge in [-0.2, -0.15) is 0 Å². The first-order valence-electron chi connectivity index (χ1n) is 12.1. The number of benzene rings is 2. The van der Waals surface area contributed by atoms with Crippen LogP contribution in [0.3, 0.4) is 0 Å². The van der Waals surface area contributed by atoms with Gasteiger partial charge in [-0.3, -0.25) is 4.90 Å². The number of imidazole rings is 1. The summed E-state index contributed by atoms with van der Waals surface area (Å²) >= 11 is 0. The minimum Gasteiger partial charge on any atom is -0.369 e. The summed E-state index contributed by atoms with van der Waals surface area (Å²) in [5.41, 5.74) is 7.29. The second kappa shape index (κ2) is 9.13. The maximum Gasteiger partial charge on any atom is 0.175 e. The number of pyridine rings is 1. The molecule has 182 valence electrons. The number of anilines is 1. The fourth-order valence-corrected chi connectivity index (χ4v) is 5.43. The van der Waals surface area contributed by atoms with Crippen molar-refractivity contribution in [3.05, 3.63) is 72.6 Å². The van der Waals surface area contributed by atoms with Gasteiger partial charge in [-0.25, -0.2) is 13.4 Å². The maximum absolute atomic E-state index is 11.8. The van der Waals surface area contributed by atoms with Gasteiger partial charge in [-0.1, -0.05) is 24.3 Å². The number of aromatic nitrogens is 2. The summed E-state index contributed by atoms with van der Waals surface area (Å²) in [7, 11) is -3.22. The zero-order valence-corrected chi connectivity index (χ0v) is 21.6. The molecule has 2 aromatic heterocycles. The third-order valence-corrected chi connectivity index (χ3v) is 8.05. The lowest BCUT2D eigenvalue weighted by Gasteiger charge is -2.38. The molecule has 0 radical (unpaired) electrons.